The monoisotopic (exact) mass is 173 g/mol. The molecule has 1 saturated heterocycles. The normalized spacial score (nSPS) is 36.3. The molecule has 12 heavy (non-hydrogen) atoms. The summed E-state index contributed by atoms with van der Waals surface area (Å²) in [4.78, 5) is 11.1. The van der Waals surface area contributed by atoms with E-state index >= 15 is 0 Å². The number of nitrogens with zero attached hydrogens (tertiary/aromatic N) is 1. The van der Waals surface area contributed by atoms with E-state index in [4.69, 9.17) is 10.5 Å². The number of urea groups is 1. The molecule has 0 bridgehead atoms. The summed E-state index contributed by atoms with van der Waals surface area (Å²) in [5.41, 5.74) is 5.30. The van der Waals surface area contributed by atoms with Gasteiger partial charge < -0.3 is 10.5 Å². The number of amides is 2. The number of quaternary nitrogens is 1. The summed E-state index contributed by atoms with van der Waals surface area (Å²) in [6.07, 6.45) is 1.14. The van der Waals surface area contributed by atoms with Crippen LogP contribution >= 0.6 is 0 Å². The Morgan fingerprint density at radius 2 is 2.42 bits per heavy atom. The van der Waals surface area contributed by atoms with E-state index < -0.39 is 0 Å². The largest absolute Gasteiger partial charge is 0.413 e. The van der Waals surface area contributed by atoms with E-state index in [0.29, 0.717) is 24.2 Å². The standard InChI is InChI=1S/C8H16N2O2/c1-3-7-6-10(2,8(9)11)4-5-12-7/h7H,3-6H2,1-2H3,(H-,9,11)/p+1. The Bertz CT molecular complexity index is 184. The highest BCUT2D eigenvalue weighted by Crippen LogP contribution is 2.14. The number of primary amides is 1. The Hall–Kier alpha value is -0.610. The third kappa shape index (κ3) is 1.76. The van der Waals surface area contributed by atoms with Crippen LogP contribution in [0.2, 0.25) is 0 Å². The van der Waals surface area contributed by atoms with Crippen LogP contribution in [0.25, 0.3) is 0 Å². The Morgan fingerprint density at radius 1 is 1.75 bits per heavy atom. The van der Waals surface area contributed by atoms with E-state index in [2.05, 4.69) is 6.92 Å². The van der Waals surface area contributed by atoms with Crippen LogP contribution in [0.4, 0.5) is 4.79 Å². The average Bonchev–Trinajstić information content (AvgIpc) is 2.04. The van der Waals surface area contributed by atoms with Gasteiger partial charge in [0.1, 0.15) is 19.2 Å². The van der Waals surface area contributed by atoms with Gasteiger partial charge in [-0.3, -0.25) is 0 Å². The maximum atomic E-state index is 11.1. The van der Waals surface area contributed by atoms with Crippen LogP contribution in [-0.2, 0) is 4.74 Å². The van der Waals surface area contributed by atoms with Gasteiger partial charge in [-0.1, -0.05) is 6.92 Å². The van der Waals surface area contributed by atoms with Crippen LogP contribution in [-0.4, -0.2) is 43.4 Å². The number of morpholine rings is 1. The van der Waals surface area contributed by atoms with Crippen LogP contribution in [0.1, 0.15) is 13.3 Å². The molecule has 4 heteroatoms. The highest BCUT2D eigenvalue weighted by Gasteiger charge is 2.36. The molecule has 4 nitrogen and oxygen atoms in total. The summed E-state index contributed by atoms with van der Waals surface area (Å²) >= 11 is 0. The Labute approximate surface area is 72.9 Å². The smallest absolute Gasteiger partial charge is 0.366 e. The van der Waals surface area contributed by atoms with E-state index in [1.165, 1.54) is 0 Å². The van der Waals surface area contributed by atoms with Crippen LogP contribution in [0, 0.1) is 0 Å². The van der Waals surface area contributed by atoms with Gasteiger partial charge in [-0.15, -0.1) is 0 Å². The first-order valence-electron chi connectivity index (χ1n) is 4.34. The van der Waals surface area contributed by atoms with Crippen molar-refractivity contribution in [2.45, 2.75) is 19.4 Å². The van der Waals surface area contributed by atoms with E-state index in [1.807, 2.05) is 7.05 Å². The fourth-order valence-corrected chi connectivity index (χ4v) is 1.46. The Morgan fingerprint density at radius 3 is 2.92 bits per heavy atom. The highest BCUT2D eigenvalue weighted by molar-refractivity contribution is 5.64. The SMILES string of the molecule is CCC1C[N+](C)(C(N)=O)CCO1. The van der Waals surface area contributed by atoms with Gasteiger partial charge in [-0.2, -0.15) is 0 Å². The summed E-state index contributed by atoms with van der Waals surface area (Å²) in [6, 6.07) is -0.253. The fraction of sp³-hybridized carbons (Fsp3) is 0.875. The minimum atomic E-state index is -0.253. The molecule has 1 rings (SSSR count). The minimum Gasteiger partial charge on any atom is -0.366 e. The first-order valence-corrected chi connectivity index (χ1v) is 4.34. The number of carbonyl (C=O) groups is 1. The molecule has 2 atom stereocenters. The van der Waals surface area contributed by atoms with Gasteiger partial charge in [0.25, 0.3) is 0 Å². The van der Waals surface area contributed by atoms with E-state index in [9.17, 15) is 4.79 Å². The molecule has 0 spiro atoms. The van der Waals surface area contributed by atoms with Crippen molar-refractivity contribution in [1.82, 2.24) is 0 Å². The number of rotatable bonds is 1. The van der Waals surface area contributed by atoms with Crippen molar-refractivity contribution in [2.75, 3.05) is 26.7 Å². The number of hydrogen-bond acceptors (Lipinski definition) is 2. The second-order valence-corrected chi connectivity index (χ2v) is 3.54. The molecule has 1 fully saturated rings. The molecule has 2 unspecified atom stereocenters. The molecule has 1 heterocycles. The molecule has 0 saturated carbocycles. The van der Waals surface area contributed by atoms with Gasteiger partial charge in [0.2, 0.25) is 0 Å². The molecule has 0 aromatic heterocycles. The Kier molecular flexibility index (Phi) is 2.69. The lowest BCUT2D eigenvalue weighted by atomic mass is 10.2. The van der Waals surface area contributed by atoms with Crippen molar-refractivity contribution >= 4 is 6.03 Å². The third-order valence-electron chi connectivity index (χ3n) is 2.53. The second-order valence-electron chi connectivity index (χ2n) is 3.54. The van der Waals surface area contributed by atoms with E-state index in [1.54, 1.807) is 0 Å². The molecule has 0 aliphatic carbocycles. The molecule has 70 valence electrons. The van der Waals surface area contributed by atoms with Crippen molar-refractivity contribution in [2.24, 2.45) is 5.73 Å². The van der Waals surface area contributed by atoms with Crippen molar-refractivity contribution in [3.05, 3.63) is 0 Å². The Balaban J connectivity index is 2.61. The molecule has 0 aromatic carbocycles. The summed E-state index contributed by atoms with van der Waals surface area (Å²) in [6.45, 7) is 4.11. The van der Waals surface area contributed by atoms with Gasteiger partial charge in [0.15, 0.2) is 0 Å². The lowest BCUT2D eigenvalue weighted by molar-refractivity contribution is -0.842. The third-order valence-corrected chi connectivity index (χ3v) is 2.53. The molecule has 2 amide bonds. The van der Waals surface area contributed by atoms with Crippen LogP contribution in [0.3, 0.4) is 0 Å². The number of ether oxygens (including phenoxy) is 1. The molecule has 1 aliphatic rings. The summed E-state index contributed by atoms with van der Waals surface area (Å²) in [5.74, 6) is 0. The zero-order valence-corrected chi connectivity index (χ0v) is 7.75. The van der Waals surface area contributed by atoms with Crippen LogP contribution < -0.4 is 5.73 Å². The van der Waals surface area contributed by atoms with Gasteiger partial charge in [0.05, 0.1) is 13.7 Å². The van der Waals surface area contributed by atoms with Crippen LogP contribution in [0.15, 0.2) is 0 Å². The van der Waals surface area contributed by atoms with E-state index in [-0.39, 0.29) is 12.1 Å². The fourth-order valence-electron chi connectivity index (χ4n) is 1.46. The minimum absolute atomic E-state index is 0.191. The molecule has 1 aliphatic heterocycles. The maximum Gasteiger partial charge on any atom is 0.413 e. The summed E-state index contributed by atoms with van der Waals surface area (Å²) in [7, 11) is 1.87. The molecule has 0 aromatic rings. The molecular formula is C8H17N2O2+. The maximum absolute atomic E-state index is 11.1. The first-order chi connectivity index (χ1) is 5.58. The van der Waals surface area contributed by atoms with Gasteiger partial charge in [-0.05, 0) is 6.42 Å². The quantitative estimate of drug-likeness (QED) is 0.581. The van der Waals surface area contributed by atoms with Crippen LogP contribution in [0.5, 0.6) is 0 Å². The summed E-state index contributed by atoms with van der Waals surface area (Å²) in [5, 5.41) is 0. The zero-order chi connectivity index (χ0) is 9.19. The summed E-state index contributed by atoms with van der Waals surface area (Å²) < 4.78 is 5.77. The highest BCUT2D eigenvalue weighted by atomic mass is 16.5. The zero-order valence-electron chi connectivity index (χ0n) is 7.75. The van der Waals surface area contributed by atoms with Crippen molar-refractivity contribution in [1.29, 1.82) is 0 Å². The number of nitrogens with two attached hydrogens (primary N) is 1. The van der Waals surface area contributed by atoms with Gasteiger partial charge >= 0.3 is 6.03 Å². The molecular weight excluding hydrogens is 156 g/mol. The number of likely N-dealkylation sites (N-methyl/N-ethyl adjacent to an activating group) is 1. The first kappa shape index (κ1) is 9.48. The van der Waals surface area contributed by atoms with Gasteiger partial charge in [0, 0.05) is 0 Å². The number of hydrogen-bond donors (Lipinski definition) is 1. The number of carbonyl (C=O) groups excluding carboxylic acids is 1. The lowest BCUT2D eigenvalue weighted by Crippen LogP contribution is -2.60. The molecule has 2 N–H and O–H groups in total. The lowest BCUT2D eigenvalue weighted by Gasteiger charge is -2.36. The average molecular weight is 173 g/mol. The van der Waals surface area contributed by atoms with Crippen molar-refractivity contribution in [3.8, 4) is 0 Å². The molecule has 0 radical (unpaired) electrons. The topological polar surface area (TPSA) is 52.3 Å². The predicted octanol–water partition coefficient (Wildman–Crippen LogP) is 0.321. The van der Waals surface area contributed by atoms with Gasteiger partial charge in [-0.25, -0.2) is 9.28 Å². The predicted molar refractivity (Wildman–Crippen MR) is 45.5 cm³/mol. The van der Waals surface area contributed by atoms with Crippen molar-refractivity contribution in [3.63, 3.8) is 0 Å². The van der Waals surface area contributed by atoms with Crippen molar-refractivity contribution < 1.29 is 14.0 Å². The van der Waals surface area contributed by atoms with E-state index in [0.717, 1.165) is 6.42 Å². The second kappa shape index (κ2) is 3.41.